The minimum absolute atomic E-state index is 0.152. The van der Waals surface area contributed by atoms with E-state index in [0.717, 1.165) is 55.8 Å². The van der Waals surface area contributed by atoms with Crippen molar-refractivity contribution in [3.05, 3.63) is 59.2 Å². The minimum Gasteiger partial charge on any atom is -0.491 e. The molecule has 2 aromatic carbocycles. The average Bonchev–Trinajstić information content (AvgIpc) is 3.55. The van der Waals surface area contributed by atoms with Crippen LogP contribution in [0.3, 0.4) is 0 Å². The number of hydrogen-bond donors (Lipinski definition) is 2. The molecule has 3 aliphatic rings. The molecular formula is C24H29N3O2. The van der Waals surface area contributed by atoms with E-state index >= 15 is 0 Å². The molecule has 1 unspecified atom stereocenters. The van der Waals surface area contributed by atoms with Gasteiger partial charge in [-0.05, 0) is 54.9 Å². The number of ether oxygens (including phenoxy) is 1. The molecule has 1 aliphatic carbocycles. The number of nitrogens with one attached hydrogen (secondary N) is 1. The highest BCUT2D eigenvalue weighted by molar-refractivity contribution is 5.81. The summed E-state index contributed by atoms with van der Waals surface area (Å²) in [5.74, 6) is 2.17. The summed E-state index contributed by atoms with van der Waals surface area (Å²) < 4.78 is 5.80. The standard InChI is InChI=1S/C24H29N3O2/c25-14-19-13-18(16-9-11-27(12-10-16)24(28)17-5-6-17)7-8-21(19)26-22-15-29-23-4-2-1-3-20(22)23/h1-4,7-8,13,16-17,22,26H,5-6,9-12,14-15,25H2. The molecule has 1 saturated heterocycles. The maximum atomic E-state index is 12.3. The average molecular weight is 392 g/mol. The SMILES string of the molecule is NCc1cc(C2CCN(C(=O)C3CC3)CC2)ccc1NC1COc2ccccc21. The maximum Gasteiger partial charge on any atom is 0.225 e. The Hall–Kier alpha value is -2.53. The van der Waals surface area contributed by atoms with E-state index in [2.05, 4.69) is 40.5 Å². The number of rotatable bonds is 5. The Bertz CT molecular complexity index is 901. The van der Waals surface area contributed by atoms with E-state index in [4.69, 9.17) is 10.5 Å². The Kier molecular flexibility index (Phi) is 4.92. The van der Waals surface area contributed by atoms with Crippen molar-refractivity contribution < 1.29 is 9.53 Å². The highest BCUT2D eigenvalue weighted by atomic mass is 16.5. The number of carbonyl (C=O) groups excluding carboxylic acids is 1. The van der Waals surface area contributed by atoms with Crippen molar-refractivity contribution in [1.82, 2.24) is 4.90 Å². The number of hydrogen-bond acceptors (Lipinski definition) is 4. The van der Waals surface area contributed by atoms with Gasteiger partial charge in [-0.1, -0.05) is 30.3 Å². The highest BCUT2D eigenvalue weighted by Gasteiger charge is 2.35. The first-order valence-electron chi connectivity index (χ1n) is 10.8. The number of anilines is 1. The molecule has 1 atom stereocenters. The van der Waals surface area contributed by atoms with E-state index in [9.17, 15) is 4.79 Å². The van der Waals surface area contributed by atoms with E-state index < -0.39 is 0 Å². The van der Waals surface area contributed by atoms with Gasteiger partial charge in [0, 0.05) is 36.8 Å². The van der Waals surface area contributed by atoms with Gasteiger partial charge in [0.05, 0.1) is 6.04 Å². The second-order valence-electron chi connectivity index (χ2n) is 8.54. The fraction of sp³-hybridized carbons (Fsp3) is 0.458. The summed E-state index contributed by atoms with van der Waals surface area (Å²) >= 11 is 0. The molecule has 5 heteroatoms. The molecule has 2 heterocycles. The Labute approximate surface area is 172 Å². The zero-order chi connectivity index (χ0) is 19.8. The first-order valence-corrected chi connectivity index (χ1v) is 10.8. The van der Waals surface area contributed by atoms with Crippen LogP contribution in [0.25, 0.3) is 0 Å². The number of nitrogens with zero attached hydrogens (tertiary/aromatic N) is 1. The molecule has 0 bridgehead atoms. The molecule has 29 heavy (non-hydrogen) atoms. The fourth-order valence-corrected chi connectivity index (χ4v) is 4.67. The number of fused-ring (bicyclic) bond motifs is 1. The lowest BCUT2D eigenvalue weighted by Gasteiger charge is -2.32. The third kappa shape index (κ3) is 3.71. The lowest BCUT2D eigenvalue weighted by atomic mass is 9.88. The Morgan fingerprint density at radius 1 is 1.10 bits per heavy atom. The summed E-state index contributed by atoms with van der Waals surface area (Å²) in [6.45, 7) is 2.91. The molecule has 1 amide bonds. The number of carbonyl (C=O) groups is 1. The van der Waals surface area contributed by atoms with Gasteiger partial charge in [0.15, 0.2) is 0 Å². The van der Waals surface area contributed by atoms with Crippen LogP contribution in [0.4, 0.5) is 5.69 Å². The van der Waals surface area contributed by atoms with Gasteiger partial charge in [0.1, 0.15) is 12.4 Å². The van der Waals surface area contributed by atoms with Gasteiger partial charge in [-0.25, -0.2) is 0 Å². The van der Waals surface area contributed by atoms with Gasteiger partial charge in [-0.15, -0.1) is 0 Å². The Morgan fingerprint density at radius 2 is 1.90 bits per heavy atom. The van der Waals surface area contributed by atoms with Gasteiger partial charge in [0.25, 0.3) is 0 Å². The van der Waals surface area contributed by atoms with E-state index in [1.165, 1.54) is 11.1 Å². The summed E-state index contributed by atoms with van der Waals surface area (Å²) in [4.78, 5) is 14.4. The van der Waals surface area contributed by atoms with E-state index in [0.29, 0.717) is 30.9 Å². The molecule has 0 aromatic heterocycles. The van der Waals surface area contributed by atoms with Gasteiger partial charge >= 0.3 is 0 Å². The monoisotopic (exact) mass is 391 g/mol. The largest absolute Gasteiger partial charge is 0.491 e. The molecule has 2 aromatic rings. The quantitative estimate of drug-likeness (QED) is 0.813. The van der Waals surface area contributed by atoms with Crippen LogP contribution in [0.2, 0.25) is 0 Å². The molecule has 0 spiro atoms. The molecular weight excluding hydrogens is 362 g/mol. The smallest absolute Gasteiger partial charge is 0.225 e. The van der Waals surface area contributed by atoms with Gasteiger partial charge < -0.3 is 20.7 Å². The number of nitrogens with two attached hydrogens (primary N) is 1. The lowest BCUT2D eigenvalue weighted by Crippen LogP contribution is -2.38. The van der Waals surface area contributed by atoms with Gasteiger partial charge in [-0.3, -0.25) is 4.79 Å². The van der Waals surface area contributed by atoms with Crippen molar-refractivity contribution in [3.8, 4) is 5.75 Å². The molecule has 152 valence electrons. The van der Waals surface area contributed by atoms with Crippen LogP contribution in [-0.4, -0.2) is 30.5 Å². The first-order chi connectivity index (χ1) is 14.2. The minimum atomic E-state index is 0.152. The van der Waals surface area contributed by atoms with Crippen LogP contribution in [0, 0.1) is 5.92 Å². The molecule has 2 fully saturated rings. The third-order valence-corrected chi connectivity index (χ3v) is 6.58. The van der Waals surface area contributed by atoms with Crippen LogP contribution < -0.4 is 15.8 Å². The molecule has 5 rings (SSSR count). The van der Waals surface area contributed by atoms with Gasteiger partial charge in [0.2, 0.25) is 5.91 Å². The van der Waals surface area contributed by atoms with Gasteiger partial charge in [-0.2, -0.15) is 0 Å². The van der Waals surface area contributed by atoms with Crippen LogP contribution in [-0.2, 0) is 11.3 Å². The molecule has 2 aliphatic heterocycles. The number of amides is 1. The zero-order valence-electron chi connectivity index (χ0n) is 16.8. The predicted octanol–water partition coefficient (Wildman–Crippen LogP) is 3.81. The van der Waals surface area contributed by atoms with Crippen LogP contribution >= 0.6 is 0 Å². The lowest BCUT2D eigenvalue weighted by molar-refractivity contribution is -0.133. The van der Waals surface area contributed by atoms with E-state index in [1.807, 2.05) is 12.1 Å². The number of para-hydroxylation sites is 1. The van der Waals surface area contributed by atoms with Crippen molar-refractivity contribution in [1.29, 1.82) is 0 Å². The topological polar surface area (TPSA) is 67.6 Å². The van der Waals surface area contributed by atoms with Crippen molar-refractivity contribution in [2.24, 2.45) is 11.7 Å². The normalized spacial score (nSPS) is 21.6. The molecule has 3 N–H and O–H groups in total. The van der Waals surface area contributed by atoms with Crippen molar-refractivity contribution in [2.75, 3.05) is 25.0 Å². The van der Waals surface area contributed by atoms with Crippen LogP contribution in [0.15, 0.2) is 42.5 Å². The second kappa shape index (κ2) is 7.71. The Morgan fingerprint density at radius 3 is 2.66 bits per heavy atom. The number of benzene rings is 2. The summed E-state index contributed by atoms with van der Waals surface area (Å²) in [5.41, 5.74) is 10.9. The Balaban J connectivity index is 1.27. The zero-order valence-corrected chi connectivity index (χ0v) is 16.8. The molecule has 0 radical (unpaired) electrons. The van der Waals surface area contributed by atoms with Crippen molar-refractivity contribution >= 4 is 11.6 Å². The number of piperidine rings is 1. The van der Waals surface area contributed by atoms with Crippen LogP contribution in [0.5, 0.6) is 5.75 Å². The molecule has 1 saturated carbocycles. The fourth-order valence-electron chi connectivity index (χ4n) is 4.67. The second-order valence-corrected chi connectivity index (χ2v) is 8.54. The maximum absolute atomic E-state index is 12.3. The number of likely N-dealkylation sites (tertiary alicyclic amines) is 1. The summed E-state index contributed by atoms with van der Waals surface area (Å²) in [6, 6.07) is 15.0. The van der Waals surface area contributed by atoms with E-state index in [-0.39, 0.29) is 6.04 Å². The third-order valence-electron chi connectivity index (χ3n) is 6.58. The summed E-state index contributed by atoms with van der Waals surface area (Å²) in [6.07, 6.45) is 4.26. The molecule has 5 nitrogen and oxygen atoms in total. The van der Waals surface area contributed by atoms with Crippen molar-refractivity contribution in [3.63, 3.8) is 0 Å². The predicted molar refractivity (Wildman–Crippen MR) is 114 cm³/mol. The van der Waals surface area contributed by atoms with Crippen molar-refractivity contribution in [2.45, 2.75) is 44.2 Å². The summed E-state index contributed by atoms with van der Waals surface area (Å²) in [7, 11) is 0. The van der Waals surface area contributed by atoms with E-state index in [1.54, 1.807) is 0 Å². The summed E-state index contributed by atoms with van der Waals surface area (Å²) in [5, 5.41) is 3.63. The van der Waals surface area contributed by atoms with Crippen LogP contribution in [0.1, 0.15) is 54.3 Å². The first kappa shape index (κ1) is 18.5. The highest BCUT2D eigenvalue weighted by Crippen LogP contribution is 2.37.